The van der Waals surface area contributed by atoms with Crippen LogP contribution in [0.2, 0.25) is 0 Å². The Hall–Kier alpha value is -0.830. The largest absolute Gasteiger partial charge is 0.514 e. The minimum Gasteiger partial charge on any atom is -0.444 e. The first kappa shape index (κ1) is 23.2. The van der Waals surface area contributed by atoms with Crippen molar-refractivity contribution >= 4 is 88.1 Å². The zero-order chi connectivity index (χ0) is 19.8. The van der Waals surface area contributed by atoms with Gasteiger partial charge in [-0.3, -0.25) is 0 Å². The Morgan fingerprint density at radius 1 is 1.00 bits per heavy atom. The lowest BCUT2D eigenvalue weighted by molar-refractivity contribution is 0.101. The molecule has 1 rings (SSSR count). The summed E-state index contributed by atoms with van der Waals surface area (Å²) < 4.78 is 10.7. The number of rotatable bonds is 5. The van der Waals surface area contributed by atoms with Gasteiger partial charge in [-0.1, -0.05) is 81.7 Å². The second-order valence-corrected chi connectivity index (χ2v) is 9.39. The Morgan fingerprint density at radius 3 is 2.19 bits per heavy atom. The van der Waals surface area contributed by atoms with Gasteiger partial charge in [-0.25, -0.2) is 15.0 Å². The molecule has 0 unspecified atom stereocenters. The molecule has 1 amide bonds. The lowest BCUT2D eigenvalue weighted by Crippen LogP contribution is -2.24. The van der Waals surface area contributed by atoms with Gasteiger partial charge in [-0.2, -0.15) is 5.10 Å². The third-order valence-electron chi connectivity index (χ3n) is 2.19. The van der Waals surface area contributed by atoms with Crippen molar-refractivity contribution in [1.82, 2.24) is 5.43 Å². The number of nitrogens with one attached hydrogen (secondary N) is 1. The van der Waals surface area contributed by atoms with E-state index in [0.29, 0.717) is 5.56 Å². The van der Waals surface area contributed by atoms with Crippen LogP contribution < -0.4 is 10.2 Å². The number of para-hydroxylation sites is 1. The van der Waals surface area contributed by atoms with Crippen LogP contribution in [0.1, 0.15) is 5.56 Å². The van der Waals surface area contributed by atoms with Gasteiger partial charge in [0.05, 0.1) is 6.21 Å². The maximum Gasteiger partial charge on any atom is 0.514 e. The predicted molar refractivity (Wildman–Crippen MR) is 101 cm³/mol. The van der Waals surface area contributed by atoms with Crippen LogP contribution >= 0.6 is 69.6 Å². The van der Waals surface area contributed by atoms with Crippen LogP contribution in [-0.4, -0.2) is 39.3 Å². The van der Waals surface area contributed by atoms with E-state index in [0.717, 1.165) is 0 Å². The number of benzene rings is 1. The van der Waals surface area contributed by atoms with Crippen LogP contribution in [0.25, 0.3) is 0 Å². The molecule has 0 bridgehead atoms. The normalized spacial score (nSPS) is 11.9. The average Bonchev–Trinajstić information content (AvgIpc) is 2.51. The molecule has 0 saturated carbocycles. The van der Waals surface area contributed by atoms with E-state index in [2.05, 4.69) is 14.6 Å². The number of nitrogens with zero attached hydrogens (tertiary/aromatic N) is 1. The van der Waals surface area contributed by atoms with Crippen molar-refractivity contribution < 1.29 is 23.8 Å². The third-order valence-corrected chi connectivity index (χ3v) is 2.85. The van der Waals surface area contributed by atoms with Crippen molar-refractivity contribution in [1.29, 1.82) is 0 Å². The molecule has 1 N–H and O–H groups in total. The molecule has 0 spiro atoms. The SMILES string of the molecule is O=C(N/N=C/c1ccccc1OC(=O)OCC(Cl)(Cl)Cl)OCC(Cl)(Cl)Cl. The number of hydrogen-bond donors (Lipinski definition) is 1. The lowest BCUT2D eigenvalue weighted by Gasteiger charge is -2.12. The summed E-state index contributed by atoms with van der Waals surface area (Å²) in [5.74, 6) is 0.0852. The molecule has 0 radical (unpaired) electrons. The van der Waals surface area contributed by atoms with Gasteiger partial charge in [0.2, 0.25) is 7.59 Å². The summed E-state index contributed by atoms with van der Waals surface area (Å²) >= 11 is 32.7. The zero-order valence-corrected chi connectivity index (χ0v) is 17.1. The molecule has 0 aromatic heterocycles. The van der Waals surface area contributed by atoms with E-state index in [1.54, 1.807) is 18.2 Å². The molecule has 0 saturated heterocycles. The molecule has 26 heavy (non-hydrogen) atoms. The van der Waals surface area contributed by atoms with Crippen molar-refractivity contribution in [3.8, 4) is 5.75 Å². The number of amides is 1. The Bertz CT molecular complexity index is 659. The molecular weight excluding hydrogens is 477 g/mol. The maximum absolute atomic E-state index is 11.6. The number of carbonyl (C=O) groups is 2. The third kappa shape index (κ3) is 11.0. The summed E-state index contributed by atoms with van der Waals surface area (Å²) in [5, 5.41) is 3.62. The van der Waals surface area contributed by atoms with Gasteiger partial charge in [0, 0.05) is 5.56 Å². The molecule has 0 aliphatic heterocycles. The number of ether oxygens (including phenoxy) is 3. The van der Waals surface area contributed by atoms with Crippen molar-refractivity contribution in [2.75, 3.05) is 13.2 Å². The standard InChI is InChI=1S/C13H10Cl6N2O5/c14-12(15,16)6-24-10(22)21-20-5-8-3-1-2-4-9(8)26-11(23)25-7-13(17,18)19/h1-5H,6-7H2,(H,21,22)/b20-5+. The van der Waals surface area contributed by atoms with Crippen LogP contribution in [0.5, 0.6) is 5.75 Å². The van der Waals surface area contributed by atoms with E-state index in [-0.39, 0.29) is 5.75 Å². The molecule has 13 heteroatoms. The summed E-state index contributed by atoms with van der Waals surface area (Å²) in [7, 11) is 0. The summed E-state index contributed by atoms with van der Waals surface area (Å²) in [4.78, 5) is 22.9. The van der Waals surface area contributed by atoms with E-state index in [9.17, 15) is 9.59 Å². The molecule has 0 atom stereocenters. The average molecular weight is 487 g/mol. The van der Waals surface area contributed by atoms with Crippen LogP contribution in [0.4, 0.5) is 9.59 Å². The quantitative estimate of drug-likeness (QED) is 0.208. The first-order chi connectivity index (χ1) is 12.0. The van der Waals surface area contributed by atoms with Gasteiger partial charge in [0.1, 0.15) is 19.0 Å². The predicted octanol–water partition coefficient (Wildman–Crippen LogP) is 5.00. The van der Waals surface area contributed by atoms with Crippen LogP contribution in [0, 0.1) is 0 Å². The van der Waals surface area contributed by atoms with Gasteiger partial charge in [-0.15, -0.1) is 0 Å². The number of alkyl halides is 6. The van der Waals surface area contributed by atoms with E-state index < -0.39 is 33.0 Å². The second-order valence-electron chi connectivity index (χ2n) is 4.36. The fourth-order valence-electron chi connectivity index (χ4n) is 1.27. The van der Waals surface area contributed by atoms with Crippen LogP contribution in [0.15, 0.2) is 29.4 Å². The van der Waals surface area contributed by atoms with E-state index in [1.807, 2.05) is 5.43 Å². The summed E-state index contributed by atoms with van der Waals surface area (Å²) in [5.41, 5.74) is 2.37. The van der Waals surface area contributed by atoms with E-state index >= 15 is 0 Å². The molecule has 0 aliphatic rings. The Labute approximate surface area is 178 Å². The van der Waals surface area contributed by atoms with Crippen LogP contribution in [-0.2, 0) is 9.47 Å². The molecule has 0 fully saturated rings. The van der Waals surface area contributed by atoms with Gasteiger partial charge in [0.25, 0.3) is 0 Å². The van der Waals surface area contributed by atoms with Gasteiger partial charge < -0.3 is 14.2 Å². The topological polar surface area (TPSA) is 86.2 Å². The highest BCUT2D eigenvalue weighted by Gasteiger charge is 2.23. The maximum atomic E-state index is 11.6. The molecule has 0 aliphatic carbocycles. The summed E-state index contributed by atoms with van der Waals surface area (Å²) in [6, 6.07) is 6.24. The number of carbonyl (C=O) groups excluding carboxylic acids is 2. The fraction of sp³-hybridized carbons (Fsp3) is 0.308. The van der Waals surface area contributed by atoms with Crippen molar-refractivity contribution in [3.05, 3.63) is 29.8 Å². The summed E-state index contributed by atoms with van der Waals surface area (Å²) in [6.07, 6.45) is -0.853. The first-order valence-electron chi connectivity index (χ1n) is 6.49. The zero-order valence-electron chi connectivity index (χ0n) is 12.6. The Morgan fingerprint density at radius 2 is 1.58 bits per heavy atom. The highest BCUT2D eigenvalue weighted by Crippen LogP contribution is 2.27. The Kier molecular flexibility index (Phi) is 9.36. The van der Waals surface area contributed by atoms with Gasteiger partial charge in [-0.05, 0) is 12.1 Å². The summed E-state index contributed by atoms with van der Waals surface area (Å²) in [6.45, 7) is -0.961. The fourth-order valence-corrected chi connectivity index (χ4v) is 1.60. The first-order valence-corrected chi connectivity index (χ1v) is 8.76. The molecule has 1 aromatic rings. The molecule has 7 nitrogen and oxygen atoms in total. The Balaban J connectivity index is 2.60. The van der Waals surface area contributed by atoms with Crippen molar-refractivity contribution in [2.24, 2.45) is 5.10 Å². The van der Waals surface area contributed by atoms with Crippen LogP contribution in [0.3, 0.4) is 0 Å². The van der Waals surface area contributed by atoms with Crippen molar-refractivity contribution in [2.45, 2.75) is 7.59 Å². The van der Waals surface area contributed by atoms with Crippen molar-refractivity contribution in [3.63, 3.8) is 0 Å². The highest BCUT2D eigenvalue weighted by atomic mass is 35.6. The minimum atomic E-state index is -1.77. The highest BCUT2D eigenvalue weighted by molar-refractivity contribution is 6.68. The number of hydrogen-bond acceptors (Lipinski definition) is 6. The van der Waals surface area contributed by atoms with E-state index in [4.69, 9.17) is 74.3 Å². The lowest BCUT2D eigenvalue weighted by atomic mass is 10.2. The second kappa shape index (κ2) is 10.5. The van der Waals surface area contributed by atoms with Gasteiger partial charge in [0.15, 0.2) is 0 Å². The smallest absolute Gasteiger partial charge is 0.444 e. The molecule has 1 aromatic carbocycles. The van der Waals surface area contributed by atoms with Gasteiger partial charge >= 0.3 is 12.2 Å². The molecule has 144 valence electrons. The van der Waals surface area contributed by atoms with E-state index in [1.165, 1.54) is 12.3 Å². The number of hydrazone groups is 1. The number of halogens is 6. The minimum absolute atomic E-state index is 0.0852. The molecular formula is C13H10Cl6N2O5. The molecule has 0 heterocycles. The monoisotopic (exact) mass is 484 g/mol.